The first-order valence-electron chi connectivity index (χ1n) is 20.4. The third-order valence-electron chi connectivity index (χ3n) is 11.5. The second-order valence-corrected chi connectivity index (χ2v) is 17.6. The molecule has 3 aromatic heterocycles. The Bertz CT molecular complexity index is 3000. The molecule has 0 aliphatic rings. The topological polar surface area (TPSA) is 56.5 Å². The summed E-state index contributed by atoms with van der Waals surface area (Å²) in [5.41, 5.74) is 16.4. The summed E-state index contributed by atoms with van der Waals surface area (Å²) in [6.45, 7) is 13.5. The number of nitrogens with zero attached hydrogens (tertiary/aromatic N) is 5. The zero-order valence-corrected chi connectivity index (χ0v) is 34.3. The molecule has 5 heteroatoms. The van der Waals surface area contributed by atoms with Crippen LogP contribution in [0.15, 0.2) is 164 Å². The van der Waals surface area contributed by atoms with E-state index in [0.29, 0.717) is 0 Å². The van der Waals surface area contributed by atoms with Crippen molar-refractivity contribution < 1.29 is 0 Å². The van der Waals surface area contributed by atoms with Gasteiger partial charge in [-0.25, -0.2) is 19.9 Å². The Hall–Kier alpha value is -6.98. The van der Waals surface area contributed by atoms with E-state index in [2.05, 4.69) is 161 Å². The highest BCUT2D eigenvalue weighted by Gasteiger charge is 2.22. The summed E-state index contributed by atoms with van der Waals surface area (Å²) in [7, 11) is 0. The van der Waals surface area contributed by atoms with Gasteiger partial charge in [0.05, 0.1) is 55.9 Å². The van der Waals surface area contributed by atoms with E-state index in [-0.39, 0.29) is 10.8 Å². The molecule has 0 bridgehead atoms. The smallest absolute Gasteiger partial charge is 0.0974 e. The van der Waals surface area contributed by atoms with Crippen LogP contribution in [0.2, 0.25) is 0 Å². The second kappa shape index (κ2) is 13.8. The van der Waals surface area contributed by atoms with E-state index < -0.39 is 0 Å². The van der Waals surface area contributed by atoms with E-state index in [1.54, 1.807) is 0 Å². The molecule has 59 heavy (non-hydrogen) atoms. The molecule has 10 rings (SSSR count). The van der Waals surface area contributed by atoms with E-state index in [4.69, 9.17) is 19.9 Å². The largest absolute Gasteiger partial charge is 0.309 e. The Morgan fingerprint density at radius 3 is 1.02 bits per heavy atom. The van der Waals surface area contributed by atoms with Gasteiger partial charge in [0.2, 0.25) is 0 Å². The standard InChI is InChI=1S/C54H45N5/c1-53(2,3)38-27-23-34(24-28-38)49-51(57-45-19-11-9-17-43(45)55-49)36-31-37(33-40(32-36)59-47-21-13-7-15-41(47)42-16-8-14-22-48(42)59)52-50(56-44-18-10-12-20-46(44)58-52)35-25-29-39(30-26-35)54(4,5)6/h7-33H,1-6H3. The van der Waals surface area contributed by atoms with Crippen molar-refractivity contribution in [3.05, 3.63) is 175 Å². The molecule has 0 spiro atoms. The lowest BCUT2D eigenvalue weighted by Crippen LogP contribution is -2.10. The molecule has 0 aliphatic heterocycles. The molecule has 0 saturated carbocycles. The monoisotopic (exact) mass is 763 g/mol. The normalized spacial score (nSPS) is 12.2. The Kier molecular flexibility index (Phi) is 8.53. The summed E-state index contributed by atoms with van der Waals surface area (Å²) >= 11 is 0. The second-order valence-electron chi connectivity index (χ2n) is 17.6. The van der Waals surface area contributed by atoms with E-state index in [9.17, 15) is 0 Å². The Morgan fingerprint density at radius 2 is 0.661 bits per heavy atom. The van der Waals surface area contributed by atoms with Crippen molar-refractivity contribution in [2.75, 3.05) is 0 Å². The minimum Gasteiger partial charge on any atom is -0.309 e. The quantitative estimate of drug-likeness (QED) is 0.175. The number of aromatic nitrogens is 5. The van der Waals surface area contributed by atoms with Crippen LogP contribution in [0, 0.1) is 0 Å². The van der Waals surface area contributed by atoms with Crippen LogP contribution in [-0.4, -0.2) is 24.5 Å². The van der Waals surface area contributed by atoms with Crippen molar-refractivity contribution in [3.63, 3.8) is 0 Å². The lowest BCUT2D eigenvalue weighted by molar-refractivity contribution is 0.590. The minimum absolute atomic E-state index is 0.0215. The van der Waals surface area contributed by atoms with E-state index in [1.807, 2.05) is 48.5 Å². The first kappa shape index (κ1) is 36.4. The highest BCUT2D eigenvalue weighted by Crippen LogP contribution is 2.41. The van der Waals surface area contributed by atoms with Crippen molar-refractivity contribution >= 4 is 43.9 Å². The van der Waals surface area contributed by atoms with Gasteiger partial charge in [0, 0.05) is 38.7 Å². The number of hydrogen-bond acceptors (Lipinski definition) is 4. The van der Waals surface area contributed by atoms with Crippen molar-refractivity contribution in [3.8, 4) is 50.7 Å². The first-order chi connectivity index (χ1) is 28.5. The molecule has 0 aliphatic carbocycles. The maximum atomic E-state index is 5.43. The van der Waals surface area contributed by atoms with Gasteiger partial charge in [-0.2, -0.15) is 0 Å². The lowest BCUT2D eigenvalue weighted by atomic mass is 9.86. The maximum Gasteiger partial charge on any atom is 0.0974 e. The summed E-state index contributed by atoms with van der Waals surface area (Å²) in [6, 6.07) is 58.0. The first-order valence-corrected chi connectivity index (χ1v) is 20.4. The summed E-state index contributed by atoms with van der Waals surface area (Å²) in [5, 5.41) is 2.40. The van der Waals surface area contributed by atoms with Gasteiger partial charge in [0.15, 0.2) is 0 Å². The predicted octanol–water partition coefficient (Wildman–Crippen LogP) is 13.9. The van der Waals surface area contributed by atoms with Crippen molar-refractivity contribution in [2.45, 2.75) is 52.4 Å². The van der Waals surface area contributed by atoms with Crippen LogP contribution in [0.1, 0.15) is 52.7 Å². The van der Waals surface area contributed by atoms with E-state index in [0.717, 1.165) is 83.8 Å². The van der Waals surface area contributed by atoms with Crippen LogP contribution in [0.5, 0.6) is 0 Å². The van der Waals surface area contributed by atoms with Gasteiger partial charge in [-0.05, 0) is 76.6 Å². The fraction of sp³-hybridized carbons (Fsp3) is 0.148. The molecule has 0 saturated heterocycles. The Labute approximate surface area is 345 Å². The van der Waals surface area contributed by atoms with E-state index in [1.165, 1.54) is 21.9 Å². The maximum absolute atomic E-state index is 5.43. The number of fused-ring (bicyclic) bond motifs is 5. The molecule has 286 valence electrons. The van der Waals surface area contributed by atoms with Crippen LogP contribution in [0.3, 0.4) is 0 Å². The number of hydrogen-bond donors (Lipinski definition) is 0. The van der Waals surface area contributed by atoms with Crippen molar-refractivity contribution in [1.82, 2.24) is 24.5 Å². The van der Waals surface area contributed by atoms with Crippen LogP contribution < -0.4 is 0 Å². The minimum atomic E-state index is 0.0215. The average Bonchev–Trinajstić information content (AvgIpc) is 3.59. The Morgan fingerprint density at radius 1 is 0.339 bits per heavy atom. The summed E-state index contributed by atoms with van der Waals surface area (Å²) in [4.78, 5) is 21.6. The van der Waals surface area contributed by atoms with Gasteiger partial charge < -0.3 is 4.57 Å². The molecule has 0 N–H and O–H groups in total. The molecule has 0 amide bonds. The third-order valence-corrected chi connectivity index (χ3v) is 11.5. The summed E-state index contributed by atoms with van der Waals surface area (Å²) in [6.07, 6.45) is 0. The van der Waals surface area contributed by atoms with Gasteiger partial charge in [0.1, 0.15) is 0 Å². The van der Waals surface area contributed by atoms with Crippen LogP contribution in [0.25, 0.3) is 94.6 Å². The molecule has 5 nitrogen and oxygen atoms in total. The van der Waals surface area contributed by atoms with Crippen molar-refractivity contribution in [1.29, 1.82) is 0 Å². The number of para-hydroxylation sites is 6. The Balaban J connectivity index is 1.29. The molecule has 0 fully saturated rings. The number of rotatable bonds is 5. The average molecular weight is 764 g/mol. The molecule has 7 aromatic carbocycles. The van der Waals surface area contributed by atoms with E-state index >= 15 is 0 Å². The highest BCUT2D eigenvalue weighted by atomic mass is 15.0. The van der Waals surface area contributed by atoms with Crippen LogP contribution in [-0.2, 0) is 10.8 Å². The molecule has 10 aromatic rings. The molecule has 0 radical (unpaired) electrons. The molecular formula is C54H45N5. The van der Waals surface area contributed by atoms with Crippen LogP contribution in [0.4, 0.5) is 0 Å². The fourth-order valence-corrected chi connectivity index (χ4v) is 8.28. The predicted molar refractivity (Wildman–Crippen MR) is 246 cm³/mol. The molecule has 0 unspecified atom stereocenters. The van der Waals surface area contributed by atoms with Gasteiger partial charge in [0.25, 0.3) is 0 Å². The number of benzene rings is 7. The zero-order chi connectivity index (χ0) is 40.5. The summed E-state index contributed by atoms with van der Waals surface area (Å²) in [5.74, 6) is 0. The van der Waals surface area contributed by atoms with Gasteiger partial charge in [-0.15, -0.1) is 0 Å². The molecular weight excluding hydrogens is 719 g/mol. The molecule has 3 heterocycles. The molecule has 0 atom stereocenters. The SMILES string of the molecule is CC(C)(C)c1ccc(-c2nc3ccccc3nc2-c2cc(-c3nc4ccccc4nc3-c3ccc(C(C)(C)C)cc3)cc(-n3c4ccccc4c4ccccc43)c2)cc1. The van der Waals surface area contributed by atoms with Gasteiger partial charge in [-0.3, -0.25) is 0 Å². The zero-order valence-electron chi connectivity index (χ0n) is 34.3. The van der Waals surface area contributed by atoms with Gasteiger partial charge >= 0.3 is 0 Å². The summed E-state index contributed by atoms with van der Waals surface area (Å²) < 4.78 is 2.37. The lowest BCUT2D eigenvalue weighted by Gasteiger charge is -2.20. The fourth-order valence-electron chi connectivity index (χ4n) is 8.28. The highest BCUT2D eigenvalue weighted by molar-refractivity contribution is 6.09. The van der Waals surface area contributed by atoms with Gasteiger partial charge in [-0.1, -0.05) is 151 Å². The third kappa shape index (κ3) is 6.53. The van der Waals surface area contributed by atoms with Crippen molar-refractivity contribution in [2.24, 2.45) is 0 Å². The van der Waals surface area contributed by atoms with Crippen LogP contribution >= 0.6 is 0 Å².